The van der Waals surface area contributed by atoms with Gasteiger partial charge in [0.2, 0.25) is 0 Å². The lowest BCUT2D eigenvalue weighted by atomic mass is 9.90. The molecule has 1 N–H and O–H groups in total. The van der Waals surface area contributed by atoms with E-state index in [4.69, 9.17) is 14.6 Å². The standard InChI is InChI=1S/C8H12O5/c1-8(2)4-13-7(11)6(8)12-3-5(9)10/h6H,3-4H2,1-2H3,(H,9,10). The maximum atomic E-state index is 11.1. The van der Waals surface area contributed by atoms with Crippen LogP contribution in [0.4, 0.5) is 0 Å². The van der Waals surface area contributed by atoms with Gasteiger partial charge in [-0.05, 0) is 0 Å². The zero-order chi connectivity index (χ0) is 10.1. The second kappa shape index (κ2) is 3.33. The van der Waals surface area contributed by atoms with Crippen LogP contribution >= 0.6 is 0 Å². The van der Waals surface area contributed by atoms with E-state index in [9.17, 15) is 9.59 Å². The predicted octanol–water partition coefficient (Wildman–Crippen LogP) is 0.0392. The lowest BCUT2D eigenvalue weighted by Gasteiger charge is -2.20. The van der Waals surface area contributed by atoms with Gasteiger partial charge in [-0.15, -0.1) is 0 Å². The number of esters is 1. The second-order valence-electron chi connectivity index (χ2n) is 3.68. The van der Waals surface area contributed by atoms with Gasteiger partial charge in [0.25, 0.3) is 0 Å². The van der Waals surface area contributed by atoms with Crippen LogP contribution in [-0.4, -0.2) is 36.4 Å². The zero-order valence-electron chi connectivity index (χ0n) is 7.57. The number of carbonyl (C=O) groups is 2. The Hall–Kier alpha value is -1.10. The largest absolute Gasteiger partial charge is 0.480 e. The molecule has 1 aliphatic heterocycles. The number of carboxylic acid groups (broad SMARTS) is 1. The van der Waals surface area contributed by atoms with Gasteiger partial charge in [0.15, 0.2) is 6.10 Å². The average Bonchev–Trinajstić information content (AvgIpc) is 2.23. The van der Waals surface area contributed by atoms with Crippen LogP contribution in [0.2, 0.25) is 0 Å². The number of rotatable bonds is 3. The molecule has 0 amide bonds. The minimum absolute atomic E-state index is 0.274. The van der Waals surface area contributed by atoms with Crippen molar-refractivity contribution in [2.24, 2.45) is 5.41 Å². The third kappa shape index (κ3) is 2.18. The van der Waals surface area contributed by atoms with E-state index in [2.05, 4.69) is 0 Å². The molecule has 0 bridgehead atoms. The Kier molecular flexibility index (Phi) is 2.56. The molecule has 5 nitrogen and oxygen atoms in total. The van der Waals surface area contributed by atoms with Gasteiger partial charge in [-0.3, -0.25) is 0 Å². The van der Waals surface area contributed by atoms with Gasteiger partial charge in [0.1, 0.15) is 6.61 Å². The van der Waals surface area contributed by atoms with Crippen molar-refractivity contribution < 1.29 is 24.2 Å². The van der Waals surface area contributed by atoms with Crippen LogP contribution in [0.3, 0.4) is 0 Å². The van der Waals surface area contributed by atoms with E-state index in [1.54, 1.807) is 13.8 Å². The summed E-state index contributed by atoms with van der Waals surface area (Å²) in [5, 5.41) is 8.35. The minimum atomic E-state index is -1.09. The first kappa shape index (κ1) is 9.98. The fourth-order valence-electron chi connectivity index (χ4n) is 1.18. The molecule has 0 aromatic heterocycles. The third-order valence-electron chi connectivity index (χ3n) is 1.88. The van der Waals surface area contributed by atoms with E-state index < -0.39 is 30.1 Å². The topological polar surface area (TPSA) is 72.8 Å². The van der Waals surface area contributed by atoms with Crippen molar-refractivity contribution in [1.29, 1.82) is 0 Å². The van der Waals surface area contributed by atoms with Crippen LogP contribution in [0.5, 0.6) is 0 Å². The summed E-state index contributed by atoms with van der Waals surface area (Å²) in [6.45, 7) is 3.40. The number of cyclic esters (lactones) is 1. The van der Waals surface area contributed by atoms with Crippen molar-refractivity contribution in [2.45, 2.75) is 20.0 Å². The number of aliphatic carboxylic acids is 1. The first-order chi connectivity index (χ1) is 5.93. The second-order valence-corrected chi connectivity index (χ2v) is 3.68. The molecule has 1 atom stereocenters. The fraction of sp³-hybridized carbons (Fsp3) is 0.750. The van der Waals surface area contributed by atoms with E-state index in [0.29, 0.717) is 0 Å². The highest BCUT2D eigenvalue weighted by molar-refractivity contribution is 5.78. The molecule has 5 heteroatoms. The summed E-state index contributed by atoms with van der Waals surface area (Å²) in [5.41, 5.74) is -0.438. The predicted molar refractivity (Wildman–Crippen MR) is 42.1 cm³/mol. The van der Waals surface area contributed by atoms with Gasteiger partial charge < -0.3 is 14.6 Å². The minimum Gasteiger partial charge on any atom is -0.480 e. The number of ether oxygens (including phenoxy) is 2. The average molecular weight is 188 g/mol. The molecule has 13 heavy (non-hydrogen) atoms. The lowest BCUT2D eigenvalue weighted by Crippen LogP contribution is -2.34. The molecule has 1 rings (SSSR count). The number of carbonyl (C=O) groups excluding carboxylic acids is 1. The normalized spacial score (nSPS) is 25.7. The monoisotopic (exact) mass is 188 g/mol. The molecular formula is C8H12O5. The number of hydrogen-bond donors (Lipinski definition) is 1. The van der Waals surface area contributed by atoms with Gasteiger partial charge in [0, 0.05) is 5.41 Å². The summed E-state index contributed by atoms with van der Waals surface area (Å²) >= 11 is 0. The van der Waals surface area contributed by atoms with E-state index in [1.165, 1.54) is 0 Å². The van der Waals surface area contributed by atoms with E-state index in [-0.39, 0.29) is 6.61 Å². The van der Waals surface area contributed by atoms with Gasteiger partial charge in [-0.2, -0.15) is 0 Å². The highest BCUT2D eigenvalue weighted by Crippen LogP contribution is 2.30. The Labute approximate surface area is 75.6 Å². The molecular weight excluding hydrogens is 176 g/mol. The van der Waals surface area contributed by atoms with E-state index in [0.717, 1.165) is 0 Å². The molecule has 1 fully saturated rings. The van der Waals surface area contributed by atoms with Crippen LogP contribution in [-0.2, 0) is 19.1 Å². The Morgan fingerprint density at radius 1 is 1.77 bits per heavy atom. The van der Waals surface area contributed by atoms with Crippen molar-refractivity contribution in [2.75, 3.05) is 13.2 Å². The zero-order valence-corrected chi connectivity index (χ0v) is 7.57. The number of hydrogen-bond acceptors (Lipinski definition) is 4. The Morgan fingerprint density at radius 2 is 2.38 bits per heavy atom. The molecule has 74 valence electrons. The maximum Gasteiger partial charge on any atom is 0.335 e. The smallest absolute Gasteiger partial charge is 0.335 e. The summed E-state index contributed by atoms with van der Waals surface area (Å²) in [6, 6.07) is 0. The Bertz CT molecular complexity index is 233. The van der Waals surface area contributed by atoms with Crippen molar-refractivity contribution in [3.05, 3.63) is 0 Å². The fourth-order valence-corrected chi connectivity index (χ4v) is 1.18. The molecule has 1 aliphatic rings. The summed E-state index contributed by atoms with van der Waals surface area (Å²) in [5.74, 6) is -1.57. The molecule has 0 aromatic carbocycles. The first-order valence-corrected chi connectivity index (χ1v) is 3.93. The molecule has 0 spiro atoms. The molecule has 1 saturated heterocycles. The van der Waals surface area contributed by atoms with Crippen molar-refractivity contribution in [1.82, 2.24) is 0 Å². The SMILES string of the molecule is CC1(C)COC(=O)C1OCC(=O)O. The molecule has 0 radical (unpaired) electrons. The van der Waals surface area contributed by atoms with Crippen LogP contribution < -0.4 is 0 Å². The molecule has 1 unspecified atom stereocenters. The molecule has 0 aromatic rings. The van der Waals surface area contributed by atoms with E-state index in [1.807, 2.05) is 0 Å². The highest BCUT2D eigenvalue weighted by atomic mass is 16.6. The maximum absolute atomic E-state index is 11.1. The van der Waals surface area contributed by atoms with Crippen molar-refractivity contribution in [3.63, 3.8) is 0 Å². The summed E-state index contributed by atoms with van der Waals surface area (Å²) < 4.78 is 9.67. The molecule has 0 aliphatic carbocycles. The highest BCUT2D eigenvalue weighted by Gasteiger charge is 2.44. The van der Waals surface area contributed by atoms with Crippen LogP contribution in [0.25, 0.3) is 0 Å². The van der Waals surface area contributed by atoms with Crippen LogP contribution in [0.15, 0.2) is 0 Å². The van der Waals surface area contributed by atoms with Gasteiger partial charge in [-0.25, -0.2) is 9.59 Å². The third-order valence-corrected chi connectivity index (χ3v) is 1.88. The van der Waals surface area contributed by atoms with Gasteiger partial charge in [-0.1, -0.05) is 13.8 Å². The molecule has 1 heterocycles. The van der Waals surface area contributed by atoms with Crippen LogP contribution in [0.1, 0.15) is 13.8 Å². The van der Waals surface area contributed by atoms with Gasteiger partial charge >= 0.3 is 11.9 Å². The Morgan fingerprint density at radius 3 is 2.77 bits per heavy atom. The van der Waals surface area contributed by atoms with Crippen molar-refractivity contribution in [3.8, 4) is 0 Å². The Balaban J connectivity index is 2.56. The first-order valence-electron chi connectivity index (χ1n) is 3.93. The lowest BCUT2D eigenvalue weighted by molar-refractivity contribution is -0.154. The summed E-state index contributed by atoms with van der Waals surface area (Å²) in [4.78, 5) is 21.3. The summed E-state index contributed by atoms with van der Waals surface area (Å²) in [6.07, 6.45) is -0.761. The van der Waals surface area contributed by atoms with Gasteiger partial charge in [0.05, 0.1) is 6.61 Å². The van der Waals surface area contributed by atoms with Crippen molar-refractivity contribution >= 4 is 11.9 Å². The van der Waals surface area contributed by atoms with Crippen LogP contribution in [0, 0.1) is 5.41 Å². The quantitative estimate of drug-likeness (QED) is 0.633. The number of carboxylic acids is 1. The van der Waals surface area contributed by atoms with E-state index >= 15 is 0 Å². The molecule has 0 saturated carbocycles. The summed E-state index contributed by atoms with van der Waals surface area (Å²) in [7, 11) is 0.